The number of hydrogen-bond donors (Lipinski definition) is 2. The Morgan fingerprint density at radius 3 is 2.58 bits per heavy atom. The van der Waals surface area contributed by atoms with Crippen LogP contribution in [-0.4, -0.2) is 23.8 Å². The summed E-state index contributed by atoms with van der Waals surface area (Å²) in [5.74, 6) is 0. The van der Waals surface area contributed by atoms with Crippen molar-refractivity contribution in [1.29, 1.82) is 0 Å². The SMILES string of the molecule is CCCCNCC1(O)CCCC1. The van der Waals surface area contributed by atoms with Gasteiger partial charge in [0.25, 0.3) is 0 Å². The quantitative estimate of drug-likeness (QED) is 0.617. The number of nitrogens with one attached hydrogen (secondary N) is 1. The zero-order chi connectivity index (χ0) is 8.86. The molecule has 2 N–H and O–H groups in total. The standard InChI is InChI=1S/C10H21NO/c1-2-3-8-11-9-10(12)6-4-5-7-10/h11-12H,2-9H2,1H3. The molecular formula is C10H21NO. The van der Waals surface area contributed by atoms with E-state index in [9.17, 15) is 5.11 Å². The van der Waals surface area contributed by atoms with Gasteiger partial charge in [0, 0.05) is 6.54 Å². The van der Waals surface area contributed by atoms with Crippen molar-refractivity contribution in [2.45, 2.75) is 51.0 Å². The fraction of sp³-hybridized carbons (Fsp3) is 1.00. The van der Waals surface area contributed by atoms with E-state index in [1.54, 1.807) is 0 Å². The summed E-state index contributed by atoms with van der Waals surface area (Å²) in [6.07, 6.45) is 6.83. The molecule has 1 rings (SSSR count). The van der Waals surface area contributed by atoms with Crippen molar-refractivity contribution in [2.24, 2.45) is 0 Å². The lowest BCUT2D eigenvalue weighted by Crippen LogP contribution is -2.38. The molecule has 2 heteroatoms. The smallest absolute Gasteiger partial charge is 0.0771 e. The van der Waals surface area contributed by atoms with Crippen LogP contribution in [0.3, 0.4) is 0 Å². The first-order valence-electron chi connectivity index (χ1n) is 5.20. The lowest BCUT2D eigenvalue weighted by atomic mass is 10.0. The van der Waals surface area contributed by atoms with Crippen LogP contribution >= 0.6 is 0 Å². The van der Waals surface area contributed by atoms with Gasteiger partial charge in [0.1, 0.15) is 0 Å². The van der Waals surface area contributed by atoms with E-state index in [1.165, 1.54) is 25.7 Å². The van der Waals surface area contributed by atoms with Gasteiger partial charge in [-0.3, -0.25) is 0 Å². The van der Waals surface area contributed by atoms with E-state index in [4.69, 9.17) is 0 Å². The maximum atomic E-state index is 9.93. The third-order valence-electron chi connectivity index (χ3n) is 2.70. The molecule has 0 aromatic rings. The Kier molecular flexibility index (Phi) is 4.02. The topological polar surface area (TPSA) is 32.3 Å². The Morgan fingerprint density at radius 1 is 1.33 bits per heavy atom. The Morgan fingerprint density at radius 2 is 2.00 bits per heavy atom. The second-order valence-electron chi connectivity index (χ2n) is 3.96. The van der Waals surface area contributed by atoms with Gasteiger partial charge < -0.3 is 10.4 Å². The fourth-order valence-corrected chi connectivity index (χ4v) is 1.83. The molecule has 0 aromatic heterocycles. The lowest BCUT2D eigenvalue weighted by molar-refractivity contribution is 0.0479. The van der Waals surface area contributed by atoms with Gasteiger partial charge in [-0.15, -0.1) is 0 Å². The third kappa shape index (κ3) is 3.11. The van der Waals surface area contributed by atoms with Gasteiger partial charge in [0.2, 0.25) is 0 Å². The predicted octanol–water partition coefficient (Wildman–Crippen LogP) is 1.68. The third-order valence-corrected chi connectivity index (χ3v) is 2.70. The highest BCUT2D eigenvalue weighted by Crippen LogP contribution is 2.28. The Balaban J connectivity index is 2.05. The van der Waals surface area contributed by atoms with Gasteiger partial charge in [-0.2, -0.15) is 0 Å². The van der Waals surface area contributed by atoms with Gasteiger partial charge in [-0.25, -0.2) is 0 Å². The summed E-state index contributed by atoms with van der Waals surface area (Å²) in [5, 5.41) is 13.2. The van der Waals surface area contributed by atoms with Crippen molar-refractivity contribution in [3.8, 4) is 0 Å². The van der Waals surface area contributed by atoms with Crippen molar-refractivity contribution in [2.75, 3.05) is 13.1 Å². The molecular weight excluding hydrogens is 150 g/mol. The Hall–Kier alpha value is -0.0800. The van der Waals surface area contributed by atoms with E-state index in [0.717, 1.165) is 25.9 Å². The summed E-state index contributed by atoms with van der Waals surface area (Å²) in [6.45, 7) is 4.04. The molecule has 72 valence electrons. The predicted molar refractivity (Wildman–Crippen MR) is 51.2 cm³/mol. The molecule has 1 fully saturated rings. The normalized spacial score (nSPS) is 21.5. The summed E-state index contributed by atoms with van der Waals surface area (Å²) in [4.78, 5) is 0. The van der Waals surface area contributed by atoms with Crippen LogP contribution in [0.5, 0.6) is 0 Å². The minimum Gasteiger partial charge on any atom is -0.389 e. The molecule has 12 heavy (non-hydrogen) atoms. The van der Waals surface area contributed by atoms with E-state index in [-0.39, 0.29) is 5.60 Å². The average molecular weight is 171 g/mol. The summed E-state index contributed by atoms with van der Waals surface area (Å²) < 4.78 is 0. The highest BCUT2D eigenvalue weighted by Gasteiger charge is 2.29. The van der Waals surface area contributed by atoms with E-state index in [0.29, 0.717) is 0 Å². The van der Waals surface area contributed by atoms with Crippen LogP contribution in [0.4, 0.5) is 0 Å². The van der Waals surface area contributed by atoms with Gasteiger partial charge >= 0.3 is 0 Å². The molecule has 0 aromatic carbocycles. The zero-order valence-electron chi connectivity index (χ0n) is 8.10. The fourth-order valence-electron chi connectivity index (χ4n) is 1.83. The minimum absolute atomic E-state index is 0.367. The Bertz CT molecular complexity index is 119. The molecule has 0 heterocycles. The highest BCUT2D eigenvalue weighted by molar-refractivity contribution is 4.85. The first-order chi connectivity index (χ1) is 5.77. The Labute approximate surface area is 75.4 Å². The molecule has 0 saturated heterocycles. The van der Waals surface area contributed by atoms with Crippen LogP contribution < -0.4 is 5.32 Å². The van der Waals surface area contributed by atoms with Crippen LogP contribution in [0.25, 0.3) is 0 Å². The van der Waals surface area contributed by atoms with Crippen molar-refractivity contribution < 1.29 is 5.11 Å². The molecule has 1 saturated carbocycles. The van der Waals surface area contributed by atoms with Crippen molar-refractivity contribution in [3.63, 3.8) is 0 Å². The highest BCUT2D eigenvalue weighted by atomic mass is 16.3. The average Bonchev–Trinajstić information content (AvgIpc) is 2.47. The van der Waals surface area contributed by atoms with Crippen LogP contribution in [0.2, 0.25) is 0 Å². The molecule has 0 atom stereocenters. The van der Waals surface area contributed by atoms with Crippen LogP contribution in [-0.2, 0) is 0 Å². The van der Waals surface area contributed by atoms with Crippen LogP contribution in [0.15, 0.2) is 0 Å². The number of aliphatic hydroxyl groups is 1. The van der Waals surface area contributed by atoms with Crippen LogP contribution in [0.1, 0.15) is 45.4 Å². The first-order valence-corrected chi connectivity index (χ1v) is 5.20. The van der Waals surface area contributed by atoms with Crippen LogP contribution in [0, 0.1) is 0 Å². The van der Waals surface area contributed by atoms with Gasteiger partial charge in [0.05, 0.1) is 5.60 Å². The largest absolute Gasteiger partial charge is 0.389 e. The zero-order valence-corrected chi connectivity index (χ0v) is 8.10. The molecule has 0 unspecified atom stereocenters. The van der Waals surface area contributed by atoms with E-state index in [2.05, 4.69) is 12.2 Å². The molecule has 0 radical (unpaired) electrons. The van der Waals surface area contributed by atoms with Gasteiger partial charge in [0.15, 0.2) is 0 Å². The minimum atomic E-state index is -0.367. The lowest BCUT2D eigenvalue weighted by Gasteiger charge is -2.22. The molecule has 0 amide bonds. The number of hydrogen-bond acceptors (Lipinski definition) is 2. The molecule has 0 spiro atoms. The number of rotatable bonds is 5. The monoisotopic (exact) mass is 171 g/mol. The molecule has 1 aliphatic rings. The van der Waals surface area contributed by atoms with Crippen molar-refractivity contribution >= 4 is 0 Å². The van der Waals surface area contributed by atoms with E-state index < -0.39 is 0 Å². The van der Waals surface area contributed by atoms with Gasteiger partial charge in [-0.1, -0.05) is 26.2 Å². The molecule has 1 aliphatic carbocycles. The summed E-state index contributed by atoms with van der Waals surface area (Å²) in [6, 6.07) is 0. The second kappa shape index (κ2) is 4.83. The van der Waals surface area contributed by atoms with Gasteiger partial charge in [-0.05, 0) is 25.8 Å². The van der Waals surface area contributed by atoms with E-state index in [1.807, 2.05) is 0 Å². The maximum absolute atomic E-state index is 9.93. The van der Waals surface area contributed by atoms with Crippen molar-refractivity contribution in [3.05, 3.63) is 0 Å². The van der Waals surface area contributed by atoms with Crippen molar-refractivity contribution in [1.82, 2.24) is 5.32 Å². The van der Waals surface area contributed by atoms with E-state index >= 15 is 0 Å². The second-order valence-corrected chi connectivity index (χ2v) is 3.96. The summed E-state index contributed by atoms with van der Waals surface area (Å²) in [7, 11) is 0. The maximum Gasteiger partial charge on any atom is 0.0771 e. The molecule has 0 aliphatic heterocycles. The summed E-state index contributed by atoms with van der Waals surface area (Å²) >= 11 is 0. The molecule has 0 bridgehead atoms. The first kappa shape index (κ1) is 10.0. The number of unbranched alkanes of at least 4 members (excludes halogenated alkanes) is 1. The molecule has 2 nitrogen and oxygen atoms in total. The summed E-state index contributed by atoms with van der Waals surface area (Å²) in [5.41, 5.74) is -0.367.